The van der Waals surface area contributed by atoms with Crippen molar-refractivity contribution in [3.8, 4) is 0 Å². The average Bonchev–Trinajstić information content (AvgIpc) is 2.80. The van der Waals surface area contributed by atoms with Crippen LogP contribution in [0.25, 0.3) is 0 Å². The fraction of sp³-hybridized carbons (Fsp3) is 0.769. The van der Waals surface area contributed by atoms with E-state index in [1.165, 1.54) is 11.5 Å². The first kappa shape index (κ1) is 14.9. The van der Waals surface area contributed by atoms with Gasteiger partial charge in [-0.05, 0) is 23.9 Å². The van der Waals surface area contributed by atoms with Gasteiger partial charge in [-0.2, -0.15) is 0 Å². The van der Waals surface area contributed by atoms with Crippen molar-refractivity contribution in [2.24, 2.45) is 5.92 Å². The Morgan fingerprint density at radius 2 is 2.16 bits per heavy atom. The van der Waals surface area contributed by atoms with Crippen molar-refractivity contribution in [2.75, 3.05) is 13.1 Å². The average molecular weight is 346 g/mol. The molecule has 0 saturated carbocycles. The van der Waals surface area contributed by atoms with Crippen LogP contribution in [0.2, 0.25) is 0 Å². The van der Waals surface area contributed by atoms with Crippen molar-refractivity contribution in [2.45, 2.75) is 44.4 Å². The molecule has 6 heteroatoms. The lowest BCUT2D eigenvalue weighted by Crippen LogP contribution is -2.43. The fourth-order valence-corrected chi connectivity index (χ4v) is 3.48. The highest BCUT2D eigenvalue weighted by molar-refractivity contribution is 9.09. The third-order valence-electron chi connectivity index (χ3n) is 3.48. The van der Waals surface area contributed by atoms with Crippen LogP contribution in [-0.4, -0.2) is 38.3 Å². The highest BCUT2D eigenvalue weighted by Crippen LogP contribution is 2.29. The molecule has 0 spiro atoms. The summed E-state index contributed by atoms with van der Waals surface area (Å²) in [5, 5.41) is 4.15. The molecule has 1 fully saturated rings. The third kappa shape index (κ3) is 3.16. The van der Waals surface area contributed by atoms with Crippen molar-refractivity contribution in [1.82, 2.24) is 14.5 Å². The van der Waals surface area contributed by atoms with Crippen LogP contribution in [0.3, 0.4) is 0 Å². The molecule has 0 bridgehead atoms. The normalized spacial score (nSPS) is 24.6. The van der Waals surface area contributed by atoms with Gasteiger partial charge >= 0.3 is 0 Å². The van der Waals surface area contributed by atoms with Crippen molar-refractivity contribution in [1.29, 1.82) is 0 Å². The summed E-state index contributed by atoms with van der Waals surface area (Å²) in [5.41, 5.74) is 0.674. The number of amides is 1. The predicted octanol–water partition coefficient (Wildman–Crippen LogP) is 3.08. The topological polar surface area (TPSA) is 46.1 Å². The van der Waals surface area contributed by atoms with Crippen molar-refractivity contribution >= 4 is 33.4 Å². The molecular weight excluding hydrogens is 326 g/mol. The first-order chi connectivity index (χ1) is 8.80. The van der Waals surface area contributed by atoms with Gasteiger partial charge in [0.15, 0.2) is 0 Å². The molecule has 1 amide bonds. The molecule has 2 rings (SSSR count). The lowest BCUT2D eigenvalue weighted by atomic mass is 9.91. The molecule has 0 N–H and O–H groups in total. The molecule has 0 aromatic carbocycles. The molecule has 0 radical (unpaired) electrons. The molecule has 1 aromatic heterocycles. The number of carbonyl (C=O) groups excluding carboxylic acids is 1. The highest BCUT2D eigenvalue weighted by Gasteiger charge is 2.32. The number of hydrogen-bond donors (Lipinski definition) is 0. The Hall–Kier alpha value is -0.490. The Morgan fingerprint density at radius 3 is 2.74 bits per heavy atom. The first-order valence-electron chi connectivity index (χ1n) is 6.57. The molecule has 1 saturated heterocycles. The maximum absolute atomic E-state index is 12.6. The van der Waals surface area contributed by atoms with E-state index in [0.717, 1.165) is 25.2 Å². The van der Waals surface area contributed by atoms with E-state index in [4.69, 9.17) is 0 Å². The van der Waals surface area contributed by atoms with E-state index in [2.05, 4.69) is 53.2 Å². The number of aromatic nitrogens is 2. The highest BCUT2D eigenvalue weighted by atomic mass is 79.9. The van der Waals surface area contributed by atoms with Gasteiger partial charge in [0.05, 0.1) is 5.69 Å². The Labute approximate surface area is 126 Å². The summed E-state index contributed by atoms with van der Waals surface area (Å²) in [6.45, 7) is 9.97. The van der Waals surface area contributed by atoms with E-state index in [1.54, 1.807) is 0 Å². The molecule has 19 heavy (non-hydrogen) atoms. The zero-order chi connectivity index (χ0) is 14.2. The van der Waals surface area contributed by atoms with E-state index < -0.39 is 0 Å². The Bertz CT molecular complexity index is 469. The minimum atomic E-state index is -0.142. The van der Waals surface area contributed by atoms with Crippen LogP contribution in [0, 0.1) is 5.92 Å². The van der Waals surface area contributed by atoms with Crippen molar-refractivity contribution in [3.63, 3.8) is 0 Å². The van der Waals surface area contributed by atoms with Crippen molar-refractivity contribution < 1.29 is 4.79 Å². The number of halogens is 1. The quantitative estimate of drug-likeness (QED) is 0.734. The zero-order valence-corrected chi connectivity index (χ0v) is 14.2. The zero-order valence-electron chi connectivity index (χ0n) is 11.8. The van der Waals surface area contributed by atoms with Gasteiger partial charge in [0, 0.05) is 23.3 Å². The van der Waals surface area contributed by atoms with Gasteiger partial charge < -0.3 is 4.90 Å². The number of likely N-dealkylation sites (tertiary alicyclic amines) is 1. The second kappa shape index (κ2) is 5.48. The SMILES string of the molecule is CC1CN(C(=O)c2snnc2C(C)(C)C)CCC1Br. The summed E-state index contributed by atoms with van der Waals surface area (Å²) in [6.07, 6.45) is 1.00. The van der Waals surface area contributed by atoms with Crippen LogP contribution in [0.4, 0.5) is 0 Å². The third-order valence-corrected chi connectivity index (χ3v) is 5.55. The second-order valence-electron chi connectivity index (χ2n) is 6.23. The van der Waals surface area contributed by atoms with E-state index in [9.17, 15) is 4.79 Å². The van der Waals surface area contributed by atoms with Gasteiger partial charge in [-0.3, -0.25) is 4.79 Å². The number of rotatable bonds is 1. The van der Waals surface area contributed by atoms with Gasteiger partial charge in [0.2, 0.25) is 0 Å². The van der Waals surface area contributed by atoms with E-state index in [0.29, 0.717) is 15.6 Å². The summed E-state index contributed by atoms with van der Waals surface area (Å²) in [5.74, 6) is 0.572. The van der Waals surface area contributed by atoms with Crippen LogP contribution < -0.4 is 0 Å². The Morgan fingerprint density at radius 1 is 1.47 bits per heavy atom. The van der Waals surface area contributed by atoms with Gasteiger partial charge in [-0.15, -0.1) is 5.10 Å². The Balaban J connectivity index is 2.19. The molecule has 2 atom stereocenters. The van der Waals surface area contributed by atoms with E-state index >= 15 is 0 Å². The van der Waals surface area contributed by atoms with Gasteiger partial charge in [0.25, 0.3) is 5.91 Å². The Kier molecular flexibility index (Phi) is 4.30. The molecule has 1 aliphatic heterocycles. The second-order valence-corrected chi connectivity index (χ2v) is 8.16. The monoisotopic (exact) mass is 345 g/mol. The minimum Gasteiger partial charge on any atom is -0.337 e. The summed E-state index contributed by atoms with van der Waals surface area (Å²) in [6, 6.07) is 0. The fourth-order valence-electron chi connectivity index (χ4n) is 2.27. The molecule has 106 valence electrons. The number of carbonyl (C=O) groups is 1. The van der Waals surface area contributed by atoms with Crippen LogP contribution in [-0.2, 0) is 5.41 Å². The van der Waals surface area contributed by atoms with Gasteiger partial charge in [0.1, 0.15) is 4.88 Å². The molecule has 1 aliphatic rings. The molecule has 2 unspecified atom stereocenters. The summed E-state index contributed by atoms with van der Waals surface area (Å²) in [4.78, 5) is 15.8. The number of hydrogen-bond acceptors (Lipinski definition) is 4. The summed E-state index contributed by atoms with van der Waals surface area (Å²) < 4.78 is 3.97. The van der Waals surface area contributed by atoms with Crippen LogP contribution in [0.15, 0.2) is 0 Å². The molecule has 4 nitrogen and oxygen atoms in total. The van der Waals surface area contributed by atoms with Gasteiger partial charge in [-0.1, -0.05) is 48.1 Å². The van der Waals surface area contributed by atoms with Gasteiger partial charge in [-0.25, -0.2) is 0 Å². The smallest absolute Gasteiger partial charge is 0.267 e. The molecular formula is C13H20BrN3OS. The molecule has 0 aliphatic carbocycles. The summed E-state index contributed by atoms with van der Waals surface area (Å²) in [7, 11) is 0. The molecule has 1 aromatic rings. The number of piperidine rings is 1. The summed E-state index contributed by atoms with van der Waals surface area (Å²) >= 11 is 4.88. The number of alkyl halides is 1. The lowest BCUT2D eigenvalue weighted by molar-refractivity contribution is 0.0692. The van der Waals surface area contributed by atoms with Crippen LogP contribution in [0.5, 0.6) is 0 Å². The van der Waals surface area contributed by atoms with Crippen LogP contribution in [0.1, 0.15) is 49.5 Å². The maximum atomic E-state index is 12.6. The largest absolute Gasteiger partial charge is 0.337 e. The van der Waals surface area contributed by atoms with E-state index in [1.807, 2.05) is 4.90 Å². The van der Waals surface area contributed by atoms with Crippen LogP contribution >= 0.6 is 27.5 Å². The molecule has 2 heterocycles. The standard InChI is InChI=1S/C13H20BrN3OS/c1-8-7-17(6-5-9(8)14)12(18)10-11(13(2,3)4)15-16-19-10/h8-9H,5-7H2,1-4H3. The lowest BCUT2D eigenvalue weighted by Gasteiger charge is -2.34. The first-order valence-corrected chi connectivity index (χ1v) is 8.25. The number of nitrogens with zero attached hydrogens (tertiary/aromatic N) is 3. The van der Waals surface area contributed by atoms with E-state index in [-0.39, 0.29) is 11.3 Å². The minimum absolute atomic E-state index is 0.0891. The van der Waals surface area contributed by atoms with Crippen molar-refractivity contribution in [3.05, 3.63) is 10.6 Å². The maximum Gasteiger partial charge on any atom is 0.267 e. The predicted molar refractivity (Wildman–Crippen MR) is 81.0 cm³/mol.